The van der Waals surface area contributed by atoms with Crippen molar-refractivity contribution in [1.29, 1.82) is 0 Å². The van der Waals surface area contributed by atoms with Crippen LogP contribution in [0.4, 0.5) is 13.2 Å². The summed E-state index contributed by atoms with van der Waals surface area (Å²) in [5.41, 5.74) is -0.232. The van der Waals surface area contributed by atoms with Gasteiger partial charge in [-0.1, -0.05) is 13.3 Å². The summed E-state index contributed by atoms with van der Waals surface area (Å²) in [6, 6.07) is 0. The predicted molar refractivity (Wildman–Crippen MR) is 56.1 cm³/mol. The number of halogens is 3. The van der Waals surface area contributed by atoms with E-state index in [0.717, 1.165) is 12.8 Å². The lowest BCUT2D eigenvalue weighted by Crippen LogP contribution is -2.46. The van der Waals surface area contributed by atoms with Gasteiger partial charge in [0.1, 0.15) is 6.54 Å². The van der Waals surface area contributed by atoms with Gasteiger partial charge >= 0.3 is 6.18 Å². The number of carbonyl (C=O) groups is 1. The molecule has 3 nitrogen and oxygen atoms in total. The van der Waals surface area contributed by atoms with E-state index in [2.05, 4.69) is 5.32 Å². The van der Waals surface area contributed by atoms with Crippen LogP contribution < -0.4 is 10.6 Å². The summed E-state index contributed by atoms with van der Waals surface area (Å²) in [4.78, 5) is 11.1. The minimum atomic E-state index is -4.35. The second-order valence-electron chi connectivity index (χ2n) is 4.38. The Kier molecular flexibility index (Phi) is 5.78. The van der Waals surface area contributed by atoms with Crippen molar-refractivity contribution in [3.05, 3.63) is 0 Å². The number of alkyl halides is 3. The van der Waals surface area contributed by atoms with E-state index in [1.807, 2.05) is 26.1 Å². The van der Waals surface area contributed by atoms with Crippen LogP contribution >= 0.6 is 0 Å². The molecular weight excluding hydrogens is 221 g/mol. The van der Waals surface area contributed by atoms with Gasteiger partial charge in [-0.25, -0.2) is 0 Å². The monoisotopic (exact) mass is 240 g/mol. The van der Waals surface area contributed by atoms with E-state index in [0.29, 0.717) is 0 Å². The molecule has 16 heavy (non-hydrogen) atoms. The Morgan fingerprint density at radius 1 is 1.25 bits per heavy atom. The van der Waals surface area contributed by atoms with Gasteiger partial charge < -0.3 is 10.6 Å². The van der Waals surface area contributed by atoms with Crippen molar-refractivity contribution in [3.63, 3.8) is 0 Å². The van der Waals surface area contributed by atoms with Crippen molar-refractivity contribution in [2.75, 3.05) is 13.1 Å². The van der Waals surface area contributed by atoms with E-state index in [9.17, 15) is 18.0 Å². The van der Waals surface area contributed by atoms with Gasteiger partial charge in [-0.2, -0.15) is 13.2 Å². The highest BCUT2D eigenvalue weighted by Gasteiger charge is 2.27. The Labute approximate surface area is 93.8 Å². The molecule has 0 fully saturated rings. The fraction of sp³-hybridized carbons (Fsp3) is 0.900. The molecule has 0 unspecified atom stereocenters. The first kappa shape index (κ1) is 15.2. The summed E-state index contributed by atoms with van der Waals surface area (Å²) in [5.74, 6) is -0.637. The molecule has 1 amide bonds. The lowest BCUT2D eigenvalue weighted by molar-refractivity contribution is -0.138. The third-order valence-corrected chi connectivity index (χ3v) is 2.09. The minimum absolute atomic E-state index is 0.0942. The summed E-state index contributed by atoms with van der Waals surface area (Å²) in [5, 5.41) is 4.73. The third kappa shape index (κ3) is 8.52. The van der Waals surface area contributed by atoms with Crippen LogP contribution in [0.3, 0.4) is 0 Å². The van der Waals surface area contributed by atoms with Gasteiger partial charge in [0.2, 0.25) is 5.91 Å². The maximum absolute atomic E-state index is 11.8. The SMILES string of the molecule is CCCC(C)(C)NCC(=O)NCC(F)(F)F. The number of hydrogen-bond acceptors (Lipinski definition) is 2. The highest BCUT2D eigenvalue weighted by molar-refractivity contribution is 5.78. The lowest BCUT2D eigenvalue weighted by Gasteiger charge is -2.25. The molecule has 0 saturated carbocycles. The molecule has 0 saturated heterocycles. The van der Waals surface area contributed by atoms with Crippen LogP contribution in [0.5, 0.6) is 0 Å². The largest absolute Gasteiger partial charge is 0.405 e. The second-order valence-corrected chi connectivity index (χ2v) is 4.38. The van der Waals surface area contributed by atoms with Crippen molar-refractivity contribution >= 4 is 5.91 Å². The number of carbonyl (C=O) groups excluding carboxylic acids is 1. The number of rotatable bonds is 6. The topological polar surface area (TPSA) is 41.1 Å². The molecule has 0 aliphatic carbocycles. The Morgan fingerprint density at radius 3 is 2.25 bits per heavy atom. The lowest BCUT2D eigenvalue weighted by atomic mass is 9.99. The van der Waals surface area contributed by atoms with Gasteiger partial charge in [-0.15, -0.1) is 0 Å². The molecule has 0 aliphatic heterocycles. The molecule has 0 aromatic carbocycles. The molecule has 6 heteroatoms. The smallest absolute Gasteiger partial charge is 0.346 e. The third-order valence-electron chi connectivity index (χ3n) is 2.09. The van der Waals surface area contributed by atoms with Gasteiger partial charge in [0.05, 0.1) is 6.54 Å². The fourth-order valence-electron chi connectivity index (χ4n) is 1.29. The van der Waals surface area contributed by atoms with Crippen LogP contribution in [-0.2, 0) is 4.79 Å². The minimum Gasteiger partial charge on any atom is -0.346 e. The summed E-state index contributed by atoms with van der Waals surface area (Å²) in [6.45, 7) is 4.46. The average molecular weight is 240 g/mol. The summed E-state index contributed by atoms with van der Waals surface area (Å²) in [6.07, 6.45) is -2.54. The van der Waals surface area contributed by atoms with E-state index < -0.39 is 18.6 Å². The molecule has 0 aromatic heterocycles. The zero-order valence-electron chi connectivity index (χ0n) is 9.87. The molecule has 0 bridgehead atoms. The molecule has 2 N–H and O–H groups in total. The standard InChI is InChI=1S/C10H19F3N2O/c1-4-5-9(2,3)15-6-8(16)14-7-10(11,12)13/h15H,4-7H2,1-3H3,(H,14,16). The number of amides is 1. The van der Waals surface area contributed by atoms with Crippen molar-refractivity contribution in [2.24, 2.45) is 0 Å². The van der Waals surface area contributed by atoms with Crippen LogP contribution in [0.25, 0.3) is 0 Å². The van der Waals surface area contributed by atoms with E-state index in [1.165, 1.54) is 0 Å². The van der Waals surface area contributed by atoms with Gasteiger partial charge in [-0.3, -0.25) is 4.79 Å². The number of hydrogen-bond donors (Lipinski definition) is 2. The molecule has 0 atom stereocenters. The first-order valence-corrected chi connectivity index (χ1v) is 5.25. The molecule has 0 heterocycles. The van der Waals surface area contributed by atoms with E-state index in [-0.39, 0.29) is 12.1 Å². The van der Waals surface area contributed by atoms with Gasteiger partial charge in [0.15, 0.2) is 0 Å². The van der Waals surface area contributed by atoms with E-state index in [1.54, 1.807) is 0 Å². The fourth-order valence-corrected chi connectivity index (χ4v) is 1.29. The first-order chi connectivity index (χ1) is 7.16. The van der Waals surface area contributed by atoms with Crippen molar-refractivity contribution in [2.45, 2.75) is 45.3 Å². The maximum Gasteiger partial charge on any atom is 0.405 e. The van der Waals surface area contributed by atoms with Gasteiger partial charge in [0.25, 0.3) is 0 Å². The predicted octanol–water partition coefficient (Wildman–Crippen LogP) is 1.83. The van der Waals surface area contributed by atoms with Gasteiger partial charge in [0, 0.05) is 5.54 Å². The molecule has 0 rings (SSSR count). The molecule has 96 valence electrons. The van der Waals surface area contributed by atoms with Crippen LogP contribution in [0.1, 0.15) is 33.6 Å². The van der Waals surface area contributed by atoms with Crippen LogP contribution in [-0.4, -0.2) is 30.7 Å². The Balaban J connectivity index is 3.81. The average Bonchev–Trinajstić information content (AvgIpc) is 2.10. The van der Waals surface area contributed by atoms with Crippen LogP contribution in [0.2, 0.25) is 0 Å². The number of nitrogens with one attached hydrogen (secondary N) is 2. The van der Waals surface area contributed by atoms with E-state index in [4.69, 9.17) is 0 Å². The summed E-state index contributed by atoms with van der Waals surface area (Å²) >= 11 is 0. The Bertz CT molecular complexity index is 227. The van der Waals surface area contributed by atoms with Crippen LogP contribution in [0, 0.1) is 0 Å². The normalized spacial score (nSPS) is 12.6. The molecule has 0 aromatic rings. The van der Waals surface area contributed by atoms with Crippen molar-refractivity contribution in [3.8, 4) is 0 Å². The maximum atomic E-state index is 11.8. The van der Waals surface area contributed by atoms with Gasteiger partial charge in [-0.05, 0) is 20.3 Å². The Morgan fingerprint density at radius 2 is 1.81 bits per heavy atom. The van der Waals surface area contributed by atoms with E-state index >= 15 is 0 Å². The Hall–Kier alpha value is -0.780. The quantitative estimate of drug-likeness (QED) is 0.743. The first-order valence-electron chi connectivity index (χ1n) is 5.25. The van der Waals surface area contributed by atoms with Crippen molar-refractivity contribution < 1.29 is 18.0 Å². The summed E-state index contributed by atoms with van der Waals surface area (Å²) < 4.78 is 35.3. The molecule has 0 spiro atoms. The van der Waals surface area contributed by atoms with Crippen LogP contribution in [0.15, 0.2) is 0 Å². The molecular formula is C10H19F3N2O. The zero-order valence-corrected chi connectivity index (χ0v) is 9.87. The highest BCUT2D eigenvalue weighted by atomic mass is 19.4. The molecule has 0 radical (unpaired) electrons. The highest BCUT2D eigenvalue weighted by Crippen LogP contribution is 2.12. The summed E-state index contributed by atoms with van der Waals surface area (Å²) in [7, 11) is 0. The van der Waals surface area contributed by atoms with Crippen molar-refractivity contribution in [1.82, 2.24) is 10.6 Å². The molecule has 0 aliphatic rings. The second kappa shape index (κ2) is 6.08. The zero-order chi connectivity index (χ0) is 12.8.